The molecule has 0 aliphatic carbocycles. The summed E-state index contributed by atoms with van der Waals surface area (Å²) in [6.45, 7) is 9.47. The number of aromatic nitrogens is 2. The molecule has 1 aromatic carbocycles. The summed E-state index contributed by atoms with van der Waals surface area (Å²) in [5.74, 6) is 0.316. The minimum Gasteiger partial charge on any atom is -0.459 e. The summed E-state index contributed by atoms with van der Waals surface area (Å²) in [5.41, 5.74) is 0.123. The van der Waals surface area contributed by atoms with E-state index in [1.807, 2.05) is 46.8 Å². The quantitative estimate of drug-likeness (QED) is 0.633. The zero-order valence-electron chi connectivity index (χ0n) is 16.8. The van der Waals surface area contributed by atoms with Crippen LogP contribution in [-0.4, -0.2) is 27.2 Å². The summed E-state index contributed by atoms with van der Waals surface area (Å²) in [6, 6.07) is 6.60. The van der Waals surface area contributed by atoms with Gasteiger partial charge in [0.25, 0.3) is 0 Å². The molecule has 7 nitrogen and oxygen atoms in total. The average molecular weight is 451 g/mol. The molecule has 2 N–H and O–H groups in total. The van der Waals surface area contributed by atoms with Crippen molar-refractivity contribution in [3.8, 4) is 0 Å². The smallest absolute Gasteiger partial charge is 0.326 e. The lowest BCUT2D eigenvalue weighted by atomic mass is 10.0. The summed E-state index contributed by atoms with van der Waals surface area (Å²) >= 11 is 3.37. The first-order chi connectivity index (χ1) is 13.0. The molecule has 0 bridgehead atoms. The highest BCUT2D eigenvalue weighted by Gasteiger charge is 2.25. The molecule has 8 heteroatoms. The van der Waals surface area contributed by atoms with Gasteiger partial charge in [-0.2, -0.15) is 0 Å². The number of carbonyl (C=O) groups is 2. The summed E-state index contributed by atoms with van der Waals surface area (Å²) in [6.07, 6.45) is 3.33. The number of nitrogens with zero attached hydrogens (tertiary/aromatic N) is 2. The maximum Gasteiger partial charge on any atom is 0.326 e. The number of halogens is 1. The molecule has 2 amide bonds. The first-order valence-corrected chi connectivity index (χ1v) is 9.90. The monoisotopic (exact) mass is 450 g/mol. The average Bonchev–Trinajstić information content (AvgIpc) is 3.00. The normalized spacial score (nSPS) is 12.5. The van der Waals surface area contributed by atoms with Crippen LogP contribution in [0.4, 0.5) is 10.5 Å². The summed E-state index contributed by atoms with van der Waals surface area (Å²) in [4.78, 5) is 29.0. The summed E-state index contributed by atoms with van der Waals surface area (Å²) in [7, 11) is 0. The van der Waals surface area contributed by atoms with Crippen LogP contribution in [0.3, 0.4) is 0 Å². The first-order valence-electron chi connectivity index (χ1n) is 9.11. The fourth-order valence-corrected chi connectivity index (χ4v) is 2.88. The van der Waals surface area contributed by atoms with E-state index in [0.29, 0.717) is 11.5 Å². The third-order valence-electron chi connectivity index (χ3n) is 3.80. The third kappa shape index (κ3) is 6.67. The summed E-state index contributed by atoms with van der Waals surface area (Å²) < 4.78 is 8.02. The van der Waals surface area contributed by atoms with Crippen molar-refractivity contribution in [2.75, 3.05) is 5.32 Å². The molecule has 0 radical (unpaired) electrons. The highest BCUT2D eigenvalue weighted by molar-refractivity contribution is 9.10. The largest absolute Gasteiger partial charge is 0.459 e. The highest BCUT2D eigenvalue weighted by Crippen LogP contribution is 2.21. The Hall–Kier alpha value is -2.35. The fraction of sp³-hybridized carbons (Fsp3) is 0.450. The lowest BCUT2D eigenvalue weighted by molar-refractivity contribution is -0.155. The van der Waals surface area contributed by atoms with Crippen LogP contribution in [0.25, 0.3) is 0 Å². The molecule has 0 aliphatic heterocycles. The van der Waals surface area contributed by atoms with Crippen LogP contribution in [0.5, 0.6) is 0 Å². The molecule has 28 heavy (non-hydrogen) atoms. The van der Waals surface area contributed by atoms with Gasteiger partial charge in [0.15, 0.2) is 0 Å². The Morgan fingerprint density at radius 3 is 2.43 bits per heavy atom. The van der Waals surface area contributed by atoms with Crippen LogP contribution < -0.4 is 10.6 Å². The second-order valence-corrected chi connectivity index (χ2v) is 8.74. The fourth-order valence-electron chi connectivity index (χ4n) is 2.62. The molecule has 0 saturated carbocycles. The molecular formula is C20H27BrN4O3. The molecule has 1 heterocycles. The number of imidazole rings is 1. The van der Waals surface area contributed by atoms with Crippen LogP contribution in [0.2, 0.25) is 0 Å². The molecule has 152 valence electrons. The zero-order valence-corrected chi connectivity index (χ0v) is 18.4. The van der Waals surface area contributed by atoms with Crippen molar-refractivity contribution < 1.29 is 14.3 Å². The van der Waals surface area contributed by atoms with Gasteiger partial charge in [-0.3, -0.25) is 4.79 Å². The Kier molecular flexibility index (Phi) is 7.23. The van der Waals surface area contributed by atoms with E-state index in [9.17, 15) is 9.59 Å². The minimum absolute atomic E-state index is 0.0336. The zero-order chi connectivity index (χ0) is 20.9. The summed E-state index contributed by atoms with van der Waals surface area (Å²) in [5, 5.41) is 5.75. The van der Waals surface area contributed by atoms with Gasteiger partial charge in [-0.05, 0) is 51.0 Å². The van der Waals surface area contributed by atoms with Crippen molar-refractivity contribution in [2.45, 2.75) is 52.8 Å². The molecule has 1 unspecified atom stereocenters. The predicted molar refractivity (Wildman–Crippen MR) is 112 cm³/mol. The number of benzene rings is 1. The van der Waals surface area contributed by atoms with Crippen LogP contribution in [0.1, 0.15) is 46.5 Å². The van der Waals surface area contributed by atoms with E-state index in [0.717, 1.165) is 4.47 Å². The standard InChI is InChI=1S/C20H27BrN4O3/c1-13(2)17(24-19(27)23-15-8-6-14(21)7-9-15)18-22-10-11-25(18)12-16(26)28-20(3,4)5/h6-11,13,17H,12H2,1-5H3,(H2,23,24,27). The van der Waals surface area contributed by atoms with Crippen molar-refractivity contribution in [3.05, 3.63) is 47.0 Å². The second kappa shape index (κ2) is 9.23. The lowest BCUT2D eigenvalue weighted by Crippen LogP contribution is -2.37. The lowest BCUT2D eigenvalue weighted by Gasteiger charge is -2.24. The van der Waals surface area contributed by atoms with Crippen molar-refractivity contribution in [2.24, 2.45) is 5.92 Å². The molecule has 2 rings (SSSR count). The van der Waals surface area contributed by atoms with Gasteiger partial charge in [0.1, 0.15) is 18.0 Å². The van der Waals surface area contributed by atoms with Crippen LogP contribution >= 0.6 is 15.9 Å². The van der Waals surface area contributed by atoms with E-state index < -0.39 is 5.60 Å². The molecule has 0 aliphatic rings. The van der Waals surface area contributed by atoms with Crippen LogP contribution in [-0.2, 0) is 16.1 Å². The van der Waals surface area contributed by atoms with E-state index in [1.54, 1.807) is 29.1 Å². The topological polar surface area (TPSA) is 85.3 Å². The Morgan fingerprint density at radius 2 is 1.86 bits per heavy atom. The van der Waals surface area contributed by atoms with E-state index in [2.05, 4.69) is 31.5 Å². The maximum atomic E-state index is 12.5. The van der Waals surface area contributed by atoms with E-state index in [4.69, 9.17) is 4.74 Å². The van der Waals surface area contributed by atoms with E-state index in [1.165, 1.54) is 0 Å². The number of hydrogen-bond acceptors (Lipinski definition) is 4. The van der Waals surface area contributed by atoms with Gasteiger partial charge in [-0.25, -0.2) is 9.78 Å². The van der Waals surface area contributed by atoms with Gasteiger partial charge < -0.3 is 19.9 Å². The first kappa shape index (κ1) is 21.9. The molecule has 1 atom stereocenters. The number of esters is 1. The molecule has 0 fully saturated rings. The third-order valence-corrected chi connectivity index (χ3v) is 4.33. The molecule has 1 aromatic heterocycles. The highest BCUT2D eigenvalue weighted by atomic mass is 79.9. The molecule has 0 saturated heterocycles. The Labute approximate surface area is 174 Å². The van der Waals surface area contributed by atoms with Gasteiger partial charge in [-0.1, -0.05) is 29.8 Å². The molecular weight excluding hydrogens is 424 g/mol. The van der Waals surface area contributed by atoms with Gasteiger partial charge in [0.05, 0.1) is 6.04 Å². The molecule has 0 spiro atoms. The van der Waals surface area contributed by atoms with Gasteiger partial charge >= 0.3 is 12.0 Å². The number of hydrogen-bond donors (Lipinski definition) is 2. The number of rotatable bonds is 6. The van der Waals surface area contributed by atoms with Gasteiger partial charge in [-0.15, -0.1) is 0 Å². The second-order valence-electron chi connectivity index (χ2n) is 7.83. The number of urea groups is 1. The predicted octanol–water partition coefficient (Wildman–Crippen LogP) is 4.51. The number of ether oxygens (including phenoxy) is 1. The van der Waals surface area contributed by atoms with Crippen molar-refractivity contribution in [1.82, 2.24) is 14.9 Å². The number of anilines is 1. The van der Waals surface area contributed by atoms with E-state index >= 15 is 0 Å². The Bertz CT molecular complexity index is 810. The maximum absolute atomic E-state index is 12.5. The van der Waals surface area contributed by atoms with Crippen LogP contribution in [0.15, 0.2) is 41.1 Å². The molecule has 2 aromatic rings. The SMILES string of the molecule is CC(C)C(NC(=O)Nc1ccc(Br)cc1)c1nccn1CC(=O)OC(C)(C)C. The number of amides is 2. The van der Waals surface area contributed by atoms with Crippen molar-refractivity contribution in [1.29, 1.82) is 0 Å². The number of nitrogens with one attached hydrogen (secondary N) is 2. The van der Waals surface area contributed by atoms with Crippen molar-refractivity contribution in [3.63, 3.8) is 0 Å². The van der Waals surface area contributed by atoms with Gasteiger partial charge in [0, 0.05) is 22.6 Å². The van der Waals surface area contributed by atoms with Gasteiger partial charge in [0.2, 0.25) is 0 Å². The Balaban J connectivity index is 2.09. The number of carbonyl (C=O) groups excluding carboxylic acids is 2. The van der Waals surface area contributed by atoms with Crippen molar-refractivity contribution >= 4 is 33.6 Å². The van der Waals surface area contributed by atoms with E-state index in [-0.39, 0.29) is 30.5 Å². The Morgan fingerprint density at radius 1 is 1.21 bits per heavy atom. The minimum atomic E-state index is -0.557. The van der Waals surface area contributed by atoms with Crippen LogP contribution in [0, 0.1) is 5.92 Å².